The van der Waals surface area contributed by atoms with E-state index < -0.39 is 34.1 Å². The van der Waals surface area contributed by atoms with Crippen LogP contribution >= 0.6 is 11.3 Å². The summed E-state index contributed by atoms with van der Waals surface area (Å²) in [6, 6.07) is 6.84. The van der Waals surface area contributed by atoms with E-state index in [2.05, 4.69) is 10.3 Å². The standard InChI is InChI=1S/C32H37FN2O5S/c1-5-40-22-9-6-19(7-10-22)27(38)35-28-34-25(17-41-28)32(39)18(2)14-24-23-11-8-20-15-21(36)12-13-29(20,3)31(23,33)26(37)16-30(24,32)4/h6-7,9-10,12-13,15,17-18,23-24,26,37,39H,5,8,11,14,16H2,1-4H3,(H,34,35,38)/t18-,23+,24+,26+,29+,30+,31+,32+/m1/s1. The van der Waals surface area contributed by atoms with Crippen molar-refractivity contribution in [1.29, 1.82) is 0 Å². The zero-order valence-corrected chi connectivity index (χ0v) is 24.6. The van der Waals surface area contributed by atoms with Crippen molar-refractivity contribution in [2.45, 2.75) is 70.8 Å². The van der Waals surface area contributed by atoms with Gasteiger partial charge >= 0.3 is 0 Å². The Balaban J connectivity index is 1.29. The van der Waals surface area contributed by atoms with Gasteiger partial charge in [0.05, 0.1) is 18.4 Å². The first kappa shape index (κ1) is 28.2. The maximum atomic E-state index is 17.4. The number of aliphatic hydroxyl groups is 2. The maximum absolute atomic E-state index is 17.4. The largest absolute Gasteiger partial charge is 0.494 e. The third-order valence-corrected chi connectivity index (χ3v) is 11.5. The van der Waals surface area contributed by atoms with Gasteiger partial charge in [0.15, 0.2) is 16.6 Å². The minimum absolute atomic E-state index is 0.0571. The van der Waals surface area contributed by atoms with E-state index in [1.165, 1.54) is 23.5 Å². The number of hydrogen-bond donors (Lipinski definition) is 3. The molecule has 0 radical (unpaired) electrons. The molecule has 8 atom stereocenters. The number of alkyl halides is 1. The first-order valence-electron chi connectivity index (χ1n) is 14.4. The molecule has 4 aliphatic rings. The van der Waals surface area contributed by atoms with E-state index in [0.29, 0.717) is 48.0 Å². The number of carbonyl (C=O) groups is 2. The second-order valence-corrected chi connectivity index (χ2v) is 13.5. The predicted molar refractivity (Wildman–Crippen MR) is 154 cm³/mol. The van der Waals surface area contributed by atoms with Gasteiger partial charge in [-0.15, -0.1) is 11.3 Å². The van der Waals surface area contributed by atoms with Crippen molar-refractivity contribution in [2.24, 2.45) is 28.6 Å². The van der Waals surface area contributed by atoms with Crippen LogP contribution in [-0.4, -0.2) is 45.3 Å². The van der Waals surface area contributed by atoms with Crippen LogP contribution in [0.4, 0.5) is 9.52 Å². The normalized spacial score (nSPS) is 39.4. The maximum Gasteiger partial charge on any atom is 0.257 e. The molecule has 0 spiro atoms. The van der Waals surface area contributed by atoms with Gasteiger partial charge in [-0.3, -0.25) is 14.9 Å². The lowest BCUT2D eigenvalue weighted by Crippen LogP contribution is -2.68. The number of ketones is 1. The predicted octanol–water partition coefficient (Wildman–Crippen LogP) is 5.60. The molecule has 0 bridgehead atoms. The number of thiazole rings is 1. The number of aromatic nitrogens is 1. The van der Waals surface area contributed by atoms with E-state index in [1.807, 2.05) is 20.8 Å². The van der Waals surface area contributed by atoms with Gasteiger partial charge in [-0.1, -0.05) is 25.5 Å². The van der Waals surface area contributed by atoms with Crippen molar-refractivity contribution in [2.75, 3.05) is 11.9 Å². The molecule has 9 heteroatoms. The van der Waals surface area contributed by atoms with Crippen LogP contribution in [0, 0.1) is 28.6 Å². The molecule has 0 aliphatic heterocycles. The number of benzene rings is 1. The number of amides is 1. The molecule has 3 fully saturated rings. The number of aliphatic hydroxyl groups excluding tert-OH is 1. The molecule has 0 unspecified atom stereocenters. The van der Waals surface area contributed by atoms with Crippen LogP contribution in [0.15, 0.2) is 53.4 Å². The summed E-state index contributed by atoms with van der Waals surface area (Å²) in [7, 11) is 0. The first-order chi connectivity index (χ1) is 19.4. The Hall–Kier alpha value is -2.88. The fraction of sp³-hybridized carbons (Fsp3) is 0.531. The third kappa shape index (κ3) is 3.85. The highest BCUT2D eigenvalue weighted by Gasteiger charge is 2.74. The number of fused-ring (bicyclic) bond motifs is 5. The van der Waals surface area contributed by atoms with Crippen LogP contribution < -0.4 is 10.1 Å². The van der Waals surface area contributed by atoms with Crippen LogP contribution in [0.25, 0.3) is 0 Å². The summed E-state index contributed by atoms with van der Waals surface area (Å²) in [6.45, 7) is 8.14. The Bertz CT molecular complexity index is 1450. The second-order valence-electron chi connectivity index (χ2n) is 12.6. The zero-order valence-electron chi connectivity index (χ0n) is 23.8. The van der Waals surface area contributed by atoms with Crippen molar-refractivity contribution in [3.05, 3.63) is 64.7 Å². The summed E-state index contributed by atoms with van der Waals surface area (Å²) in [4.78, 5) is 29.7. The van der Waals surface area contributed by atoms with Gasteiger partial charge < -0.3 is 14.9 Å². The van der Waals surface area contributed by atoms with Gasteiger partial charge in [-0.2, -0.15) is 0 Å². The second kappa shape index (κ2) is 9.57. The molecule has 6 rings (SSSR count). The Morgan fingerprint density at radius 2 is 1.98 bits per heavy atom. The van der Waals surface area contributed by atoms with Crippen molar-refractivity contribution >= 4 is 28.2 Å². The van der Waals surface area contributed by atoms with E-state index in [-0.39, 0.29) is 29.9 Å². The molecule has 1 amide bonds. The van der Waals surface area contributed by atoms with Gasteiger partial charge in [-0.05, 0) is 87.8 Å². The Morgan fingerprint density at radius 3 is 2.68 bits per heavy atom. The number of hydrogen-bond acceptors (Lipinski definition) is 7. The Labute approximate surface area is 243 Å². The van der Waals surface area contributed by atoms with Crippen molar-refractivity contribution in [3.63, 3.8) is 0 Å². The lowest BCUT2D eigenvalue weighted by atomic mass is 9.44. The first-order valence-corrected chi connectivity index (χ1v) is 15.3. The van der Waals surface area contributed by atoms with E-state index in [9.17, 15) is 19.8 Å². The van der Waals surface area contributed by atoms with Crippen molar-refractivity contribution in [1.82, 2.24) is 4.98 Å². The number of anilines is 1. The number of halogens is 1. The molecule has 1 heterocycles. The summed E-state index contributed by atoms with van der Waals surface area (Å²) < 4.78 is 22.9. The van der Waals surface area contributed by atoms with E-state index in [1.54, 1.807) is 42.6 Å². The molecule has 3 N–H and O–H groups in total. The lowest BCUT2D eigenvalue weighted by molar-refractivity contribution is -0.223. The molecule has 3 saturated carbocycles. The zero-order chi connectivity index (χ0) is 29.4. The van der Waals surface area contributed by atoms with E-state index >= 15 is 4.39 Å². The Kier molecular flexibility index (Phi) is 6.60. The van der Waals surface area contributed by atoms with Crippen LogP contribution in [0.2, 0.25) is 0 Å². The summed E-state index contributed by atoms with van der Waals surface area (Å²) in [5.74, 6) is -0.739. The topological polar surface area (TPSA) is 109 Å². The van der Waals surface area contributed by atoms with E-state index in [0.717, 1.165) is 5.57 Å². The molecule has 41 heavy (non-hydrogen) atoms. The number of allylic oxidation sites excluding steroid dienone is 4. The van der Waals surface area contributed by atoms with Gasteiger partial charge in [0, 0.05) is 27.7 Å². The molecule has 1 aromatic carbocycles. The number of nitrogens with zero attached hydrogens (tertiary/aromatic N) is 1. The third-order valence-electron chi connectivity index (χ3n) is 10.8. The quantitative estimate of drug-likeness (QED) is 0.425. The SMILES string of the molecule is CCOc1ccc(C(=O)Nc2nc([C@@]3(O)[C@H](C)C[C@H]4[C@@H]5CCC6=CC(=O)C=C[C@]6(C)[C@@]5(F)[C@@H](O)C[C@@]43C)cs2)cc1. The van der Waals surface area contributed by atoms with Crippen LogP contribution in [0.1, 0.15) is 69.4 Å². The average Bonchev–Trinajstić information content (AvgIpc) is 3.48. The molecule has 218 valence electrons. The highest BCUT2D eigenvalue weighted by molar-refractivity contribution is 7.14. The summed E-state index contributed by atoms with van der Waals surface area (Å²) in [6.07, 6.45) is 4.97. The van der Waals surface area contributed by atoms with E-state index in [4.69, 9.17) is 4.74 Å². The minimum Gasteiger partial charge on any atom is -0.494 e. The fourth-order valence-corrected chi connectivity index (χ4v) is 9.40. The van der Waals surface area contributed by atoms with Gasteiger partial charge in [0.25, 0.3) is 5.91 Å². The van der Waals surface area contributed by atoms with Gasteiger partial charge in [0.2, 0.25) is 0 Å². The average molecular weight is 581 g/mol. The van der Waals surface area contributed by atoms with Crippen LogP contribution in [0.3, 0.4) is 0 Å². The van der Waals surface area contributed by atoms with Crippen molar-refractivity contribution < 1.29 is 28.9 Å². The molecular weight excluding hydrogens is 543 g/mol. The van der Waals surface area contributed by atoms with Crippen molar-refractivity contribution in [3.8, 4) is 5.75 Å². The summed E-state index contributed by atoms with van der Waals surface area (Å²) in [5, 5.41) is 29.0. The van der Waals surface area contributed by atoms with Gasteiger partial charge in [-0.25, -0.2) is 9.37 Å². The van der Waals surface area contributed by atoms with Crippen LogP contribution in [-0.2, 0) is 10.4 Å². The van der Waals surface area contributed by atoms with Crippen LogP contribution in [0.5, 0.6) is 5.75 Å². The molecule has 4 aliphatic carbocycles. The molecule has 0 saturated heterocycles. The smallest absolute Gasteiger partial charge is 0.257 e. The summed E-state index contributed by atoms with van der Waals surface area (Å²) >= 11 is 1.23. The summed E-state index contributed by atoms with van der Waals surface area (Å²) in [5.41, 5.74) is -3.67. The minimum atomic E-state index is -1.96. The number of rotatable bonds is 5. The molecule has 1 aromatic heterocycles. The molecular formula is C32H37FN2O5S. The monoisotopic (exact) mass is 580 g/mol. The lowest BCUT2D eigenvalue weighted by Gasteiger charge is -2.62. The van der Waals surface area contributed by atoms with Gasteiger partial charge in [0.1, 0.15) is 11.4 Å². The number of ether oxygens (including phenoxy) is 1. The molecule has 2 aromatic rings. The number of carbonyl (C=O) groups excluding carboxylic acids is 2. The highest BCUT2D eigenvalue weighted by Crippen LogP contribution is 2.72. The molecule has 7 nitrogen and oxygen atoms in total. The number of nitrogens with one attached hydrogen (secondary N) is 1. The Morgan fingerprint density at radius 1 is 1.24 bits per heavy atom. The fourth-order valence-electron chi connectivity index (χ4n) is 8.64. The highest BCUT2D eigenvalue weighted by atomic mass is 32.1.